The molecular formula is C24H25NO6. The average molecular weight is 423 g/mol. The molecule has 1 amide bonds. The number of carbonyl (C=O) groups excluding carboxylic acids is 2. The zero-order chi connectivity index (χ0) is 22.0. The van der Waals surface area contributed by atoms with Gasteiger partial charge in [0.25, 0.3) is 5.91 Å². The van der Waals surface area contributed by atoms with Crippen LogP contribution in [0.2, 0.25) is 0 Å². The van der Waals surface area contributed by atoms with Crippen LogP contribution in [0.15, 0.2) is 46.9 Å². The minimum Gasteiger partial charge on any atom is -0.497 e. The van der Waals surface area contributed by atoms with Gasteiger partial charge >= 0.3 is 5.97 Å². The first-order chi connectivity index (χ1) is 15.0. The van der Waals surface area contributed by atoms with Crippen molar-refractivity contribution in [2.24, 2.45) is 0 Å². The van der Waals surface area contributed by atoms with Gasteiger partial charge in [-0.2, -0.15) is 0 Å². The van der Waals surface area contributed by atoms with E-state index in [-0.39, 0.29) is 24.3 Å². The molecule has 1 saturated heterocycles. The minimum absolute atomic E-state index is 0.126. The van der Waals surface area contributed by atoms with E-state index in [2.05, 4.69) is 0 Å². The number of methoxy groups -OCH3 is 2. The number of hydrogen-bond donors (Lipinski definition) is 0. The van der Waals surface area contributed by atoms with E-state index in [9.17, 15) is 9.59 Å². The number of amides is 1. The molecule has 0 radical (unpaired) electrons. The number of likely N-dealkylation sites (tertiary alicyclic amines) is 1. The zero-order valence-corrected chi connectivity index (χ0v) is 17.8. The Kier molecular flexibility index (Phi) is 5.84. The SMILES string of the molecule is COc1ccc(OC)c([C@@H]2CCCN2C(=O)COC(=O)c2oc3ccccc3c2C)c1. The largest absolute Gasteiger partial charge is 0.497 e. The molecule has 0 saturated carbocycles. The smallest absolute Gasteiger partial charge is 0.375 e. The van der Waals surface area contributed by atoms with E-state index in [1.54, 1.807) is 32.1 Å². The lowest BCUT2D eigenvalue weighted by Gasteiger charge is -2.26. The third kappa shape index (κ3) is 3.95. The first-order valence-electron chi connectivity index (χ1n) is 10.2. The summed E-state index contributed by atoms with van der Waals surface area (Å²) in [5.74, 6) is 0.620. The highest BCUT2D eigenvalue weighted by Gasteiger charge is 2.33. The highest BCUT2D eigenvalue weighted by molar-refractivity contribution is 5.96. The van der Waals surface area contributed by atoms with Crippen LogP contribution in [0.3, 0.4) is 0 Å². The van der Waals surface area contributed by atoms with Gasteiger partial charge in [-0.15, -0.1) is 0 Å². The highest BCUT2D eigenvalue weighted by atomic mass is 16.5. The molecule has 4 rings (SSSR count). The van der Waals surface area contributed by atoms with Gasteiger partial charge in [-0.25, -0.2) is 4.79 Å². The number of fused-ring (bicyclic) bond motifs is 1. The van der Waals surface area contributed by atoms with Crippen LogP contribution in [0.25, 0.3) is 11.0 Å². The predicted octanol–water partition coefficient (Wildman–Crippen LogP) is 4.28. The van der Waals surface area contributed by atoms with Gasteiger partial charge in [0.2, 0.25) is 5.76 Å². The fourth-order valence-electron chi connectivity index (χ4n) is 4.13. The molecule has 0 unspecified atom stereocenters. The molecule has 3 aromatic rings. The summed E-state index contributed by atoms with van der Waals surface area (Å²) in [5.41, 5.74) is 2.20. The Morgan fingerprint density at radius 2 is 1.94 bits per heavy atom. The van der Waals surface area contributed by atoms with E-state index in [1.165, 1.54) is 0 Å². The monoisotopic (exact) mass is 423 g/mol. The van der Waals surface area contributed by atoms with Gasteiger partial charge in [0.1, 0.15) is 17.1 Å². The molecule has 1 aliphatic rings. The molecule has 7 heteroatoms. The number of hydrogen-bond acceptors (Lipinski definition) is 6. The van der Waals surface area contributed by atoms with Crippen molar-refractivity contribution >= 4 is 22.8 Å². The van der Waals surface area contributed by atoms with Crippen LogP contribution in [0.4, 0.5) is 0 Å². The fourth-order valence-corrected chi connectivity index (χ4v) is 4.13. The Labute approximate surface area is 180 Å². The molecule has 0 spiro atoms. The van der Waals surface area contributed by atoms with Gasteiger partial charge in [0, 0.05) is 23.1 Å². The Morgan fingerprint density at radius 1 is 1.13 bits per heavy atom. The topological polar surface area (TPSA) is 78.2 Å². The maximum absolute atomic E-state index is 12.9. The van der Waals surface area contributed by atoms with Gasteiger partial charge in [-0.1, -0.05) is 18.2 Å². The number of carbonyl (C=O) groups is 2. The molecule has 2 heterocycles. The third-order valence-corrected chi connectivity index (χ3v) is 5.72. The van der Waals surface area contributed by atoms with Crippen LogP contribution in [-0.4, -0.2) is 44.1 Å². The van der Waals surface area contributed by atoms with Gasteiger partial charge in [-0.3, -0.25) is 4.79 Å². The number of esters is 1. The lowest BCUT2D eigenvalue weighted by Crippen LogP contribution is -2.34. The molecule has 0 aliphatic carbocycles. The number of benzene rings is 2. The first-order valence-corrected chi connectivity index (χ1v) is 10.2. The van der Waals surface area contributed by atoms with E-state index in [0.29, 0.717) is 29.2 Å². The van der Waals surface area contributed by atoms with E-state index >= 15 is 0 Å². The molecule has 0 N–H and O–H groups in total. The normalized spacial score (nSPS) is 15.8. The average Bonchev–Trinajstić information content (AvgIpc) is 3.42. The molecule has 162 valence electrons. The van der Waals surface area contributed by atoms with Crippen LogP contribution in [0, 0.1) is 6.92 Å². The lowest BCUT2D eigenvalue weighted by molar-refractivity contribution is -0.135. The number of furan rings is 1. The van der Waals surface area contributed by atoms with Crippen LogP contribution in [-0.2, 0) is 9.53 Å². The second kappa shape index (κ2) is 8.71. The van der Waals surface area contributed by atoms with Crippen molar-refractivity contribution in [3.8, 4) is 11.5 Å². The molecule has 1 fully saturated rings. The summed E-state index contributed by atoms with van der Waals surface area (Å²) >= 11 is 0. The van der Waals surface area contributed by atoms with Crippen molar-refractivity contribution in [2.45, 2.75) is 25.8 Å². The Morgan fingerprint density at radius 3 is 2.68 bits per heavy atom. The molecule has 1 aliphatic heterocycles. The summed E-state index contributed by atoms with van der Waals surface area (Å²) in [6, 6.07) is 12.8. The number of aryl methyl sites for hydroxylation is 1. The molecule has 7 nitrogen and oxygen atoms in total. The molecule has 31 heavy (non-hydrogen) atoms. The molecule has 2 aromatic carbocycles. The van der Waals surface area contributed by atoms with E-state index in [1.807, 2.05) is 36.4 Å². The zero-order valence-electron chi connectivity index (χ0n) is 17.8. The quantitative estimate of drug-likeness (QED) is 0.551. The van der Waals surface area contributed by atoms with Crippen molar-refractivity contribution in [2.75, 3.05) is 27.4 Å². The summed E-state index contributed by atoms with van der Waals surface area (Å²) in [6.07, 6.45) is 1.65. The van der Waals surface area contributed by atoms with Crippen LogP contribution < -0.4 is 9.47 Å². The fraction of sp³-hybridized carbons (Fsp3) is 0.333. The number of nitrogens with zero attached hydrogens (tertiary/aromatic N) is 1. The molecule has 1 aromatic heterocycles. The predicted molar refractivity (Wildman–Crippen MR) is 114 cm³/mol. The summed E-state index contributed by atoms with van der Waals surface area (Å²) < 4.78 is 21.8. The Balaban J connectivity index is 1.48. The van der Waals surface area contributed by atoms with Crippen molar-refractivity contribution < 1.29 is 28.2 Å². The van der Waals surface area contributed by atoms with E-state index < -0.39 is 5.97 Å². The number of para-hydroxylation sites is 1. The van der Waals surface area contributed by atoms with E-state index in [0.717, 1.165) is 23.8 Å². The second-order valence-electron chi connectivity index (χ2n) is 7.48. The summed E-state index contributed by atoms with van der Waals surface area (Å²) in [6.45, 7) is 2.04. The summed E-state index contributed by atoms with van der Waals surface area (Å²) in [7, 11) is 3.20. The lowest BCUT2D eigenvalue weighted by atomic mass is 10.0. The molecular weight excluding hydrogens is 398 g/mol. The van der Waals surface area contributed by atoms with Crippen molar-refractivity contribution in [1.82, 2.24) is 4.90 Å². The molecule has 0 bridgehead atoms. The first kappa shape index (κ1) is 20.8. The minimum atomic E-state index is -0.642. The van der Waals surface area contributed by atoms with Crippen LogP contribution >= 0.6 is 0 Å². The van der Waals surface area contributed by atoms with E-state index in [4.69, 9.17) is 18.6 Å². The molecule has 1 atom stereocenters. The van der Waals surface area contributed by atoms with Gasteiger partial charge in [0.15, 0.2) is 6.61 Å². The Hall–Kier alpha value is -3.48. The Bertz CT molecular complexity index is 1120. The number of ether oxygens (including phenoxy) is 3. The maximum atomic E-state index is 12.9. The van der Waals surface area contributed by atoms with Crippen molar-refractivity contribution in [1.29, 1.82) is 0 Å². The number of rotatable bonds is 6. The van der Waals surface area contributed by atoms with Gasteiger partial charge in [0.05, 0.1) is 20.3 Å². The maximum Gasteiger partial charge on any atom is 0.375 e. The van der Waals surface area contributed by atoms with Crippen LogP contribution in [0.5, 0.6) is 11.5 Å². The third-order valence-electron chi connectivity index (χ3n) is 5.72. The van der Waals surface area contributed by atoms with Gasteiger partial charge in [-0.05, 0) is 44.0 Å². The summed E-state index contributed by atoms with van der Waals surface area (Å²) in [5, 5.41) is 0.852. The van der Waals surface area contributed by atoms with Crippen molar-refractivity contribution in [3.05, 3.63) is 59.4 Å². The van der Waals surface area contributed by atoms with Crippen LogP contribution in [0.1, 0.15) is 40.6 Å². The summed E-state index contributed by atoms with van der Waals surface area (Å²) in [4.78, 5) is 27.2. The standard InChI is InChI=1S/C24H25NO6/c1-15-17-7-4-5-9-21(17)31-23(15)24(27)30-14-22(26)25-12-6-8-19(25)18-13-16(28-2)10-11-20(18)29-3/h4-5,7,9-11,13,19H,6,8,12,14H2,1-3H3/t19-/m0/s1. The van der Waals surface area contributed by atoms with Crippen molar-refractivity contribution in [3.63, 3.8) is 0 Å². The second-order valence-corrected chi connectivity index (χ2v) is 7.48. The van der Waals surface area contributed by atoms with Gasteiger partial charge < -0.3 is 23.5 Å². The highest BCUT2D eigenvalue weighted by Crippen LogP contribution is 2.39.